The fourth-order valence-corrected chi connectivity index (χ4v) is 1.51. The van der Waals surface area contributed by atoms with Crippen molar-refractivity contribution in [1.82, 2.24) is 0 Å². The quantitative estimate of drug-likeness (QED) is 0.644. The van der Waals surface area contributed by atoms with Crippen LogP contribution in [0.3, 0.4) is 0 Å². The second kappa shape index (κ2) is 7.37. The second-order valence-electron chi connectivity index (χ2n) is 4.73. The van der Waals surface area contributed by atoms with E-state index in [1.54, 1.807) is 0 Å². The predicted octanol–water partition coefficient (Wildman–Crippen LogP) is 3.61. The third kappa shape index (κ3) is 8.29. The van der Waals surface area contributed by atoms with Gasteiger partial charge < -0.3 is 5.11 Å². The van der Waals surface area contributed by atoms with Gasteiger partial charge in [-0.1, -0.05) is 47.0 Å². The molecule has 0 aromatic rings. The second-order valence-corrected chi connectivity index (χ2v) is 4.73. The van der Waals surface area contributed by atoms with E-state index in [1.807, 2.05) is 0 Å². The maximum Gasteiger partial charge on any atom is 0.0542 e. The van der Waals surface area contributed by atoms with Gasteiger partial charge in [-0.05, 0) is 24.7 Å². The van der Waals surface area contributed by atoms with Gasteiger partial charge >= 0.3 is 0 Å². The van der Waals surface area contributed by atoms with E-state index in [1.165, 1.54) is 19.3 Å². The minimum atomic E-state index is -0.0614. The maximum atomic E-state index is 9.66. The summed E-state index contributed by atoms with van der Waals surface area (Å²) in [6.07, 6.45) is 5.51. The Hall–Kier alpha value is -0.0400. The highest BCUT2D eigenvalue weighted by atomic mass is 16.3. The lowest BCUT2D eigenvalue weighted by molar-refractivity contribution is 0.131. The van der Waals surface area contributed by atoms with Gasteiger partial charge in [0.15, 0.2) is 0 Å². The molecule has 0 aliphatic rings. The van der Waals surface area contributed by atoms with E-state index in [4.69, 9.17) is 0 Å². The summed E-state index contributed by atoms with van der Waals surface area (Å²) in [4.78, 5) is 0. The summed E-state index contributed by atoms with van der Waals surface area (Å²) in [7, 11) is 0. The zero-order valence-electron chi connectivity index (χ0n) is 9.71. The van der Waals surface area contributed by atoms with Crippen LogP contribution in [0, 0.1) is 11.8 Å². The molecule has 2 atom stereocenters. The largest absolute Gasteiger partial charge is 0.393 e. The van der Waals surface area contributed by atoms with Crippen LogP contribution in [-0.2, 0) is 0 Å². The Balaban J connectivity index is 3.34. The number of aliphatic hydroxyl groups is 1. The Bertz CT molecular complexity index is 110. The van der Waals surface area contributed by atoms with Crippen molar-refractivity contribution in [1.29, 1.82) is 0 Å². The molecule has 0 radical (unpaired) electrons. The van der Waals surface area contributed by atoms with E-state index in [0.29, 0.717) is 5.92 Å². The number of hydrogen-bond acceptors (Lipinski definition) is 1. The lowest BCUT2D eigenvalue weighted by atomic mass is 9.96. The highest BCUT2D eigenvalue weighted by molar-refractivity contribution is 4.61. The van der Waals surface area contributed by atoms with Gasteiger partial charge in [0.2, 0.25) is 0 Å². The molecular formula is C12H26O. The van der Waals surface area contributed by atoms with Gasteiger partial charge in [0.25, 0.3) is 0 Å². The van der Waals surface area contributed by atoms with E-state index in [0.717, 1.165) is 18.8 Å². The number of hydrogen-bond donors (Lipinski definition) is 1. The summed E-state index contributed by atoms with van der Waals surface area (Å²) >= 11 is 0. The average molecular weight is 186 g/mol. The number of aliphatic hydroxyl groups excluding tert-OH is 1. The van der Waals surface area contributed by atoms with Crippen molar-refractivity contribution in [3.63, 3.8) is 0 Å². The zero-order valence-corrected chi connectivity index (χ0v) is 9.71. The van der Waals surface area contributed by atoms with Crippen molar-refractivity contribution in [2.45, 2.75) is 65.9 Å². The molecule has 0 aromatic heterocycles. The van der Waals surface area contributed by atoms with Gasteiger partial charge in [0.05, 0.1) is 6.10 Å². The van der Waals surface area contributed by atoms with Gasteiger partial charge in [-0.25, -0.2) is 0 Å². The molecule has 0 amide bonds. The van der Waals surface area contributed by atoms with E-state index in [9.17, 15) is 5.11 Å². The third-order valence-corrected chi connectivity index (χ3v) is 2.69. The Kier molecular flexibility index (Phi) is 7.35. The first-order valence-corrected chi connectivity index (χ1v) is 5.74. The topological polar surface area (TPSA) is 20.2 Å². The van der Waals surface area contributed by atoms with Gasteiger partial charge in [0.1, 0.15) is 0 Å². The fraction of sp³-hybridized carbons (Fsp3) is 1.00. The minimum absolute atomic E-state index is 0.0614. The standard InChI is InChI=1S/C12H26O/c1-5-11(4)9-12(13)8-6-7-10(2)3/h10-13H,5-9H2,1-4H3. The maximum absolute atomic E-state index is 9.66. The fourth-order valence-electron chi connectivity index (χ4n) is 1.51. The predicted molar refractivity (Wildman–Crippen MR) is 58.8 cm³/mol. The van der Waals surface area contributed by atoms with Crippen molar-refractivity contribution in [2.24, 2.45) is 11.8 Å². The highest BCUT2D eigenvalue weighted by Gasteiger charge is 2.08. The first kappa shape index (κ1) is 13.0. The van der Waals surface area contributed by atoms with Gasteiger partial charge in [0, 0.05) is 0 Å². The lowest BCUT2D eigenvalue weighted by Crippen LogP contribution is -2.11. The first-order valence-electron chi connectivity index (χ1n) is 5.74. The molecular weight excluding hydrogens is 160 g/mol. The molecule has 1 heteroatoms. The van der Waals surface area contributed by atoms with Gasteiger partial charge in [-0.2, -0.15) is 0 Å². The Labute approximate surface area is 83.5 Å². The van der Waals surface area contributed by atoms with Crippen LogP contribution < -0.4 is 0 Å². The lowest BCUT2D eigenvalue weighted by Gasteiger charge is -2.15. The Morgan fingerprint density at radius 1 is 1.08 bits per heavy atom. The van der Waals surface area contributed by atoms with Crippen molar-refractivity contribution >= 4 is 0 Å². The SMILES string of the molecule is CCC(C)CC(O)CCCC(C)C. The molecule has 0 rings (SSSR count). The molecule has 0 spiro atoms. The van der Waals surface area contributed by atoms with Crippen molar-refractivity contribution in [3.8, 4) is 0 Å². The average Bonchev–Trinajstić information content (AvgIpc) is 2.03. The van der Waals surface area contributed by atoms with Crippen molar-refractivity contribution in [2.75, 3.05) is 0 Å². The molecule has 0 aromatic carbocycles. The van der Waals surface area contributed by atoms with Crippen LogP contribution in [0.25, 0.3) is 0 Å². The van der Waals surface area contributed by atoms with Gasteiger partial charge in [-0.3, -0.25) is 0 Å². The van der Waals surface area contributed by atoms with Crippen molar-refractivity contribution in [3.05, 3.63) is 0 Å². The summed E-state index contributed by atoms with van der Waals surface area (Å²) in [6.45, 7) is 8.87. The molecule has 1 N–H and O–H groups in total. The summed E-state index contributed by atoms with van der Waals surface area (Å²) in [5.74, 6) is 1.45. The smallest absolute Gasteiger partial charge is 0.0542 e. The molecule has 80 valence electrons. The van der Waals surface area contributed by atoms with E-state index in [2.05, 4.69) is 27.7 Å². The van der Waals surface area contributed by atoms with Crippen LogP contribution in [0.15, 0.2) is 0 Å². The summed E-state index contributed by atoms with van der Waals surface area (Å²) in [5.41, 5.74) is 0. The summed E-state index contributed by atoms with van der Waals surface area (Å²) in [5, 5.41) is 9.66. The Morgan fingerprint density at radius 3 is 2.15 bits per heavy atom. The molecule has 0 bridgehead atoms. The van der Waals surface area contributed by atoms with Crippen LogP contribution in [0.4, 0.5) is 0 Å². The molecule has 2 unspecified atom stereocenters. The van der Waals surface area contributed by atoms with Crippen LogP contribution in [0.2, 0.25) is 0 Å². The van der Waals surface area contributed by atoms with Crippen molar-refractivity contribution < 1.29 is 5.11 Å². The molecule has 0 saturated carbocycles. The van der Waals surface area contributed by atoms with Crippen LogP contribution in [0.1, 0.15) is 59.8 Å². The highest BCUT2D eigenvalue weighted by Crippen LogP contribution is 2.15. The molecule has 0 saturated heterocycles. The third-order valence-electron chi connectivity index (χ3n) is 2.69. The Morgan fingerprint density at radius 2 is 1.69 bits per heavy atom. The van der Waals surface area contributed by atoms with E-state index < -0.39 is 0 Å². The summed E-state index contributed by atoms with van der Waals surface area (Å²) < 4.78 is 0. The van der Waals surface area contributed by atoms with Crippen LogP contribution in [-0.4, -0.2) is 11.2 Å². The molecule has 0 heterocycles. The first-order chi connectivity index (χ1) is 6.06. The summed E-state index contributed by atoms with van der Waals surface area (Å²) in [6, 6.07) is 0. The monoisotopic (exact) mass is 186 g/mol. The van der Waals surface area contributed by atoms with Crippen LogP contribution in [0.5, 0.6) is 0 Å². The minimum Gasteiger partial charge on any atom is -0.393 e. The molecule has 1 nitrogen and oxygen atoms in total. The van der Waals surface area contributed by atoms with Crippen LogP contribution >= 0.6 is 0 Å². The normalized spacial score (nSPS) is 16.2. The van der Waals surface area contributed by atoms with Gasteiger partial charge in [-0.15, -0.1) is 0 Å². The molecule has 0 fully saturated rings. The van der Waals surface area contributed by atoms with E-state index in [-0.39, 0.29) is 6.10 Å². The zero-order chi connectivity index (χ0) is 10.3. The van der Waals surface area contributed by atoms with E-state index >= 15 is 0 Å². The number of rotatable bonds is 7. The molecule has 0 aliphatic heterocycles. The molecule has 0 aliphatic carbocycles. The molecule has 13 heavy (non-hydrogen) atoms.